The van der Waals surface area contributed by atoms with Crippen LogP contribution >= 0.6 is 0 Å². The lowest BCUT2D eigenvalue weighted by Crippen LogP contribution is -2.52. The zero-order valence-electron chi connectivity index (χ0n) is 14.0. The van der Waals surface area contributed by atoms with E-state index in [0.717, 1.165) is 0 Å². The standard InChI is InChI=1S/C23H22Si/c1-24(21-15-9-4-10-16-21)22(19-11-5-2-6-12-19)17-18-23(24)20-13-7-3-8-14-20/h2-18,22-23H,1H3/t22-,23+,24?. The smallest absolute Gasteiger partial charge is 0.0830 e. The van der Waals surface area contributed by atoms with Gasteiger partial charge in [0.1, 0.15) is 8.07 Å². The molecule has 118 valence electrons. The second-order valence-electron chi connectivity index (χ2n) is 6.81. The van der Waals surface area contributed by atoms with Gasteiger partial charge in [-0.1, -0.05) is 115 Å². The average molecular weight is 327 g/mol. The van der Waals surface area contributed by atoms with Crippen molar-refractivity contribution >= 4 is 13.3 Å². The molecule has 0 saturated carbocycles. The molecular weight excluding hydrogens is 304 g/mol. The summed E-state index contributed by atoms with van der Waals surface area (Å²) in [6.45, 7) is 2.55. The molecule has 1 aliphatic rings. The van der Waals surface area contributed by atoms with Crippen LogP contribution in [0.2, 0.25) is 6.55 Å². The van der Waals surface area contributed by atoms with E-state index >= 15 is 0 Å². The lowest BCUT2D eigenvalue weighted by molar-refractivity contribution is 1.11. The normalized spacial score (nSPS) is 25.7. The summed E-state index contributed by atoms with van der Waals surface area (Å²) in [4.78, 5) is 0. The van der Waals surface area contributed by atoms with Crippen LogP contribution in [0.4, 0.5) is 0 Å². The van der Waals surface area contributed by atoms with Crippen molar-refractivity contribution < 1.29 is 0 Å². The molecule has 24 heavy (non-hydrogen) atoms. The van der Waals surface area contributed by atoms with Crippen LogP contribution in [0, 0.1) is 0 Å². The van der Waals surface area contributed by atoms with Crippen LogP contribution in [0.1, 0.15) is 22.2 Å². The number of allylic oxidation sites excluding steroid dienone is 2. The highest BCUT2D eigenvalue weighted by atomic mass is 28.3. The second kappa shape index (κ2) is 6.25. The summed E-state index contributed by atoms with van der Waals surface area (Å²) in [6.07, 6.45) is 4.93. The van der Waals surface area contributed by atoms with Crippen molar-refractivity contribution in [1.29, 1.82) is 0 Å². The predicted octanol–water partition coefficient (Wildman–Crippen LogP) is 5.19. The van der Waals surface area contributed by atoms with Crippen LogP contribution in [-0.4, -0.2) is 8.07 Å². The van der Waals surface area contributed by atoms with E-state index in [1.165, 1.54) is 16.3 Å². The Bertz CT molecular complexity index is 772. The van der Waals surface area contributed by atoms with Crippen molar-refractivity contribution in [3.8, 4) is 0 Å². The first-order valence-electron chi connectivity index (χ1n) is 8.64. The summed E-state index contributed by atoms with van der Waals surface area (Å²) in [6, 6.07) is 33.2. The largest absolute Gasteiger partial charge is 0.106 e. The highest BCUT2D eigenvalue weighted by Gasteiger charge is 2.47. The molecule has 1 unspecified atom stereocenters. The molecule has 0 N–H and O–H groups in total. The average Bonchev–Trinajstić information content (AvgIpc) is 3.02. The van der Waals surface area contributed by atoms with Crippen LogP contribution in [0.5, 0.6) is 0 Å². The topological polar surface area (TPSA) is 0 Å². The Morgan fingerprint density at radius 1 is 0.542 bits per heavy atom. The molecule has 3 atom stereocenters. The third-order valence-corrected chi connectivity index (χ3v) is 10.7. The fraction of sp³-hybridized carbons (Fsp3) is 0.130. The van der Waals surface area contributed by atoms with Gasteiger partial charge in [-0.25, -0.2) is 0 Å². The molecule has 1 heteroatoms. The second-order valence-corrected chi connectivity index (χ2v) is 11.2. The van der Waals surface area contributed by atoms with Crippen molar-refractivity contribution in [2.45, 2.75) is 17.6 Å². The molecule has 3 aromatic carbocycles. The SMILES string of the molecule is C[Si]1(c2ccccc2)[C@@H](c2ccccc2)C=C[C@H]1c1ccccc1. The van der Waals surface area contributed by atoms with Crippen LogP contribution in [0.15, 0.2) is 103 Å². The van der Waals surface area contributed by atoms with Crippen molar-refractivity contribution in [2.24, 2.45) is 0 Å². The molecule has 1 aliphatic heterocycles. The minimum atomic E-state index is -1.81. The van der Waals surface area contributed by atoms with Gasteiger partial charge in [-0.2, -0.15) is 0 Å². The summed E-state index contributed by atoms with van der Waals surface area (Å²) in [5.41, 5.74) is 3.94. The van der Waals surface area contributed by atoms with E-state index in [9.17, 15) is 0 Å². The van der Waals surface area contributed by atoms with Crippen LogP contribution in [-0.2, 0) is 0 Å². The van der Waals surface area contributed by atoms with Gasteiger partial charge in [-0.05, 0) is 11.1 Å². The van der Waals surface area contributed by atoms with E-state index < -0.39 is 8.07 Å². The van der Waals surface area contributed by atoms with Gasteiger partial charge in [0.15, 0.2) is 0 Å². The monoisotopic (exact) mass is 326 g/mol. The van der Waals surface area contributed by atoms with Gasteiger partial charge in [0, 0.05) is 11.1 Å². The fourth-order valence-corrected chi connectivity index (χ4v) is 9.01. The minimum absolute atomic E-state index is 0.520. The first-order valence-corrected chi connectivity index (χ1v) is 11.3. The predicted molar refractivity (Wildman–Crippen MR) is 105 cm³/mol. The van der Waals surface area contributed by atoms with Crippen molar-refractivity contribution in [3.05, 3.63) is 114 Å². The Labute approximate surface area is 145 Å². The molecule has 0 radical (unpaired) electrons. The Morgan fingerprint density at radius 2 is 0.917 bits per heavy atom. The fourth-order valence-electron chi connectivity index (χ4n) is 4.21. The molecule has 0 amide bonds. The van der Waals surface area contributed by atoms with Gasteiger partial charge in [0.05, 0.1) is 0 Å². The molecule has 0 aromatic heterocycles. The maximum Gasteiger partial charge on any atom is 0.106 e. The third kappa shape index (κ3) is 2.46. The molecule has 1 heterocycles. The molecule has 0 bridgehead atoms. The van der Waals surface area contributed by atoms with Crippen molar-refractivity contribution in [3.63, 3.8) is 0 Å². The summed E-state index contributed by atoms with van der Waals surface area (Å²) in [5, 5.41) is 1.54. The molecule has 0 aliphatic carbocycles. The Balaban J connectivity index is 1.86. The first kappa shape index (κ1) is 15.2. The maximum atomic E-state index is 2.55. The molecule has 0 saturated heterocycles. The number of hydrogen-bond acceptors (Lipinski definition) is 0. The summed E-state index contributed by atoms with van der Waals surface area (Å²) in [5.74, 6) is 0. The lowest BCUT2D eigenvalue weighted by atomic mass is 10.1. The van der Waals surface area contributed by atoms with Crippen LogP contribution in [0.25, 0.3) is 0 Å². The Morgan fingerprint density at radius 3 is 1.33 bits per heavy atom. The van der Waals surface area contributed by atoms with Gasteiger partial charge in [-0.3, -0.25) is 0 Å². The minimum Gasteiger partial charge on any atom is -0.0830 e. The zero-order chi connectivity index (χ0) is 16.4. The van der Waals surface area contributed by atoms with Gasteiger partial charge >= 0.3 is 0 Å². The number of benzene rings is 3. The van der Waals surface area contributed by atoms with E-state index in [0.29, 0.717) is 11.1 Å². The van der Waals surface area contributed by atoms with E-state index in [2.05, 4.69) is 110 Å². The zero-order valence-corrected chi connectivity index (χ0v) is 15.0. The van der Waals surface area contributed by atoms with Crippen molar-refractivity contribution in [2.75, 3.05) is 0 Å². The quantitative estimate of drug-likeness (QED) is 0.459. The van der Waals surface area contributed by atoms with Crippen LogP contribution in [0.3, 0.4) is 0 Å². The van der Waals surface area contributed by atoms with Gasteiger partial charge in [0.25, 0.3) is 0 Å². The van der Waals surface area contributed by atoms with E-state index in [1.807, 2.05) is 0 Å². The molecule has 0 spiro atoms. The Kier molecular flexibility index (Phi) is 3.95. The first-order chi connectivity index (χ1) is 11.8. The summed E-state index contributed by atoms with van der Waals surface area (Å²) in [7, 11) is -1.81. The van der Waals surface area contributed by atoms with E-state index in [4.69, 9.17) is 0 Å². The third-order valence-electron chi connectivity index (χ3n) is 5.50. The van der Waals surface area contributed by atoms with E-state index in [-0.39, 0.29) is 0 Å². The molecule has 4 rings (SSSR count). The highest BCUT2D eigenvalue weighted by Crippen LogP contribution is 2.44. The highest BCUT2D eigenvalue weighted by molar-refractivity contribution is 6.94. The molecule has 3 aromatic rings. The molecule has 0 fully saturated rings. The summed E-state index contributed by atoms with van der Waals surface area (Å²) >= 11 is 0. The van der Waals surface area contributed by atoms with E-state index in [1.54, 1.807) is 0 Å². The van der Waals surface area contributed by atoms with Gasteiger partial charge in [-0.15, -0.1) is 0 Å². The Hall–Kier alpha value is -2.38. The van der Waals surface area contributed by atoms with Crippen molar-refractivity contribution in [1.82, 2.24) is 0 Å². The molecule has 0 nitrogen and oxygen atoms in total. The number of rotatable bonds is 3. The summed E-state index contributed by atoms with van der Waals surface area (Å²) < 4.78 is 0. The maximum absolute atomic E-state index is 2.55. The lowest BCUT2D eigenvalue weighted by Gasteiger charge is -2.36. The van der Waals surface area contributed by atoms with Gasteiger partial charge < -0.3 is 0 Å². The van der Waals surface area contributed by atoms with Gasteiger partial charge in [0.2, 0.25) is 0 Å². The molecular formula is C23H22Si. The number of hydrogen-bond donors (Lipinski definition) is 0. The van der Waals surface area contributed by atoms with Crippen LogP contribution < -0.4 is 5.19 Å².